The van der Waals surface area contributed by atoms with Crippen molar-refractivity contribution < 1.29 is 19.0 Å². The molecule has 0 amide bonds. The van der Waals surface area contributed by atoms with Crippen LogP contribution < -0.4 is 19.1 Å². The van der Waals surface area contributed by atoms with Gasteiger partial charge in [-0.1, -0.05) is 26.0 Å². The first-order valence-electron chi connectivity index (χ1n) is 10.7. The lowest BCUT2D eigenvalue weighted by atomic mass is 9.96. The molecule has 162 valence electrons. The van der Waals surface area contributed by atoms with Gasteiger partial charge in [-0.15, -0.1) is 0 Å². The maximum absolute atomic E-state index is 11.3. The van der Waals surface area contributed by atoms with E-state index in [2.05, 4.69) is 35.9 Å². The molecule has 1 aromatic heterocycles. The molecule has 0 N–H and O–H groups in total. The average molecular weight is 413 g/mol. The largest absolute Gasteiger partial charge is 0.490 e. The van der Waals surface area contributed by atoms with E-state index in [0.717, 1.165) is 42.9 Å². The Labute approximate surface area is 179 Å². The molecule has 1 aromatic carbocycles. The molecule has 2 heterocycles. The number of carbonyl (C=O) groups excluding carboxylic acids is 1. The molecule has 30 heavy (non-hydrogen) atoms. The normalized spacial score (nSPS) is 16.9. The van der Waals surface area contributed by atoms with Gasteiger partial charge >= 0.3 is 0 Å². The van der Waals surface area contributed by atoms with Gasteiger partial charge in [-0.05, 0) is 43.0 Å². The summed E-state index contributed by atoms with van der Waals surface area (Å²) in [6.07, 6.45) is 4.27. The molecule has 0 bridgehead atoms. The van der Waals surface area contributed by atoms with Crippen LogP contribution in [-0.4, -0.2) is 43.7 Å². The van der Waals surface area contributed by atoms with Gasteiger partial charge in [-0.2, -0.15) is 0 Å². The first-order chi connectivity index (χ1) is 14.5. The number of hydrogen-bond donors (Lipinski definition) is 0. The minimum atomic E-state index is 0.100. The molecular weight excluding hydrogens is 380 g/mol. The van der Waals surface area contributed by atoms with Gasteiger partial charge in [0.1, 0.15) is 17.6 Å². The van der Waals surface area contributed by atoms with Gasteiger partial charge in [0.2, 0.25) is 5.75 Å². The number of anilines is 1. The molecule has 1 aliphatic heterocycles. The summed E-state index contributed by atoms with van der Waals surface area (Å²) >= 11 is 0. The van der Waals surface area contributed by atoms with Crippen LogP contribution in [0.1, 0.15) is 51.5 Å². The van der Waals surface area contributed by atoms with Crippen molar-refractivity contribution in [3.05, 3.63) is 42.1 Å². The Morgan fingerprint density at radius 1 is 1.27 bits per heavy atom. The van der Waals surface area contributed by atoms with E-state index < -0.39 is 0 Å². The van der Waals surface area contributed by atoms with Crippen molar-refractivity contribution >= 4 is 11.5 Å². The fraction of sp³-hybridized carbons (Fsp3) is 0.500. The molecule has 0 radical (unpaired) electrons. The second kappa shape index (κ2) is 10.3. The van der Waals surface area contributed by atoms with Gasteiger partial charge < -0.3 is 23.9 Å². The van der Waals surface area contributed by atoms with E-state index in [4.69, 9.17) is 14.2 Å². The number of benzene rings is 1. The first kappa shape index (κ1) is 21.9. The highest BCUT2D eigenvalue weighted by atomic mass is 16.5. The minimum absolute atomic E-state index is 0.100. The number of Topliss-reactive ketones (excluding diaryl/α,β-unsaturated/α-hetero) is 1. The van der Waals surface area contributed by atoms with E-state index in [1.807, 2.05) is 18.2 Å². The van der Waals surface area contributed by atoms with Gasteiger partial charge in [-0.3, -0.25) is 0 Å². The summed E-state index contributed by atoms with van der Waals surface area (Å²) in [5.74, 6) is 2.51. The van der Waals surface area contributed by atoms with E-state index in [0.29, 0.717) is 24.7 Å². The summed E-state index contributed by atoms with van der Waals surface area (Å²) in [7, 11) is 1.65. The Bertz CT molecular complexity index is 838. The molecule has 1 saturated heterocycles. The number of ether oxygens (including phenoxy) is 3. The molecule has 3 rings (SSSR count). The van der Waals surface area contributed by atoms with Crippen LogP contribution >= 0.6 is 0 Å². The molecule has 1 aliphatic rings. The number of nitrogens with zero attached hydrogens (tertiary/aromatic N) is 2. The molecule has 2 atom stereocenters. The van der Waals surface area contributed by atoms with Crippen LogP contribution in [0, 0.1) is 0 Å². The van der Waals surface area contributed by atoms with Crippen molar-refractivity contribution in [2.75, 3.05) is 31.7 Å². The van der Waals surface area contributed by atoms with Crippen LogP contribution in [0.4, 0.5) is 5.69 Å². The summed E-state index contributed by atoms with van der Waals surface area (Å²) < 4.78 is 17.6. The second-order valence-electron chi connectivity index (χ2n) is 7.87. The lowest BCUT2D eigenvalue weighted by Crippen LogP contribution is -2.25. The SMILES string of the molecule is CCCOc1nccc(N2CC[C@@H](Oc3ccc([C@H](C)CC(C)=O)cc3)C2)c1OC. The van der Waals surface area contributed by atoms with E-state index in [1.165, 1.54) is 0 Å². The number of ketones is 1. The standard InChI is InChI=1S/C24H32N2O4/c1-5-14-29-24-23(28-4)22(10-12-25-24)26-13-11-21(16-26)30-20-8-6-19(7-9-20)17(2)15-18(3)27/h6-10,12,17,21H,5,11,13-16H2,1-4H3/t17-,21-/m1/s1. The zero-order valence-corrected chi connectivity index (χ0v) is 18.4. The molecule has 0 unspecified atom stereocenters. The quantitative estimate of drug-likeness (QED) is 0.567. The number of carbonyl (C=O) groups is 1. The second-order valence-corrected chi connectivity index (χ2v) is 7.87. The Morgan fingerprint density at radius 2 is 2.03 bits per heavy atom. The van der Waals surface area contributed by atoms with E-state index in [1.54, 1.807) is 20.2 Å². The Kier molecular flexibility index (Phi) is 7.55. The summed E-state index contributed by atoms with van der Waals surface area (Å²) in [6, 6.07) is 10.1. The van der Waals surface area contributed by atoms with Crippen LogP contribution in [0.5, 0.6) is 17.4 Å². The van der Waals surface area contributed by atoms with Crippen LogP contribution in [0.25, 0.3) is 0 Å². The van der Waals surface area contributed by atoms with Gasteiger partial charge in [0.25, 0.3) is 5.88 Å². The molecule has 0 saturated carbocycles. The van der Waals surface area contributed by atoms with Crippen molar-refractivity contribution in [3.8, 4) is 17.4 Å². The van der Waals surface area contributed by atoms with Crippen LogP contribution in [0.15, 0.2) is 36.5 Å². The summed E-state index contributed by atoms with van der Waals surface area (Å²) in [5.41, 5.74) is 2.14. The van der Waals surface area contributed by atoms with E-state index in [-0.39, 0.29) is 17.8 Å². The molecule has 0 spiro atoms. The lowest BCUT2D eigenvalue weighted by molar-refractivity contribution is -0.117. The zero-order chi connectivity index (χ0) is 21.5. The minimum Gasteiger partial charge on any atom is -0.490 e. The van der Waals surface area contributed by atoms with Gasteiger partial charge in [0, 0.05) is 25.6 Å². The molecular formula is C24H32N2O4. The maximum atomic E-state index is 11.3. The fourth-order valence-electron chi connectivity index (χ4n) is 3.82. The van der Waals surface area contributed by atoms with Crippen LogP contribution in [-0.2, 0) is 4.79 Å². The van der Waals surface area contributed by atoms with Crippen molar-refractivity contribution in [1.29, 1.82) is 0 Å². The Morgan fingerprint density at radius 3 is 2.70 bits per heavy atom. The van der Waals surface area contributed by atoms with Crippen LogP contribution in [0.2, 0.25) is 0 Å². The lowest BCUT2D eigenvalue weighted by Gasteiger charge is -2.22. The Balaban J connectivity index is 1.63. The Hall–Kier alpha value is -2.76. The fourth-order valence-corrected chi connectivity index (χ4v) is 3.82. The topological polar surface area (TPSA) is 60.9 Å². The highest BCUT2D eigenvalue weighted by Gasteiger charge is 2.27. The summed E-state index contributed by atoms with van der Waals surface area (Å²) in [6.45, 7) is 8.04. The highest BCUT2D eigenvalue weighted by molar-refractivity contribution is 5.76. The first-order valence-corrected chi connectivity index (χ1v) is 10.7. The number of aromatic nitrogens is 1. The van der Waals surface area contributed by atoms with E-state index in [9.17, 15) is 4.79 Å². The van der Waals surface area contributed by atoms with Crippen molar-refractivity contribution in [2.45, 2.75) is 52.1 Å². The van der Waals surface area contributed by atoms with Gasteiger partial charge in [0.15, 0.2) is 0 Å². The molecule has 6 nitrogen and oxygen atoms in total. The molecule has 1 fully saturated rings. The number of pyridine rings is 1. The molecule has 6 heteroatoms. The summed E-state index contributed by atoms with van der Waals surface area (Å²) in [4.78, 5) is 17.9. The van der Waals surface area contributed by atoms with Crippen LogP contribution in [0.3, 0.4) is 0 Å². The zero-order valence-electron chi connectivity index (χ0n) is 18.4. The van der Waals surface area contributed by atoms with Gasteiger partial charge in [-0.25, -0.2) is 4.98 Å². The number of hydrogen-bond acceptors (Lipinski definition) is 6. The predicted octanol–water partition coefficient (Wildman–Crippen LogP) is 4.62. The third-order valence-corrected chi connectivity index (χ3v) is 5.33. The highest BCUT2D eigenvalue weighted by Crippen LogP contribution is 2.37. The van der Waals surface area contributed by atoms with Crippen molar-refractivity contribution in [1.82, 2.24) is 4.98 Å². The number of methoxy groups -OCH3 is 1. The van der Waals surface area contributed by atoms with Crippen molar-refractivity contribution in [3.63, 3.8) is 0 Å². The number of rotatable bonds is 10. The van der Waals surface area contributed by atoms with E-state index >= 15 is 0 Å². The third-order valence-electron chi connectivity index (χ3n) is 5.33. The monoisotopic (exact) mass is 412 g/mol. The molecule has 0 aliphatic carbocycles. The van der Waals surface area contributed by atoms with Crippen molar-refractivity contribution in [2.24, 2.45) is 0 Å². The average Bonchev–Trinajstić information content (AvgIpc) is 3.20. The maximum Gasteiger partial charge on any atom is 0.259 e. The smallest absolute Gasteiger partial charge is 0.259 e. The predicted molar refractivity (Wildman–Crippen MR) is 118 cm³/mol. The van der Waals surface area contributed by atoms with Gasteiger partial charge in [0.05, 0.1) is 25.9 Å². The molecule has 2 aromatic rings. The summed E-state index contributed by atoms with van der Waals surface area (Å²) in [5, 5.41) is 0. The third kappa shape index (κ3) is 5.43.